The van der Waals surface area contributed by atoms with E-state index in [2.05, 4.69) is 0 Å². The van der Waals surface area contributed by atoms with Crippen molar-refractivity contribution in [2.45, 2.75) is 32.1 Å². The highest BCUT2D eigenvalue weighted by Gasteiger charge is 2.37. The number of halogens is 1. The molecule has 2 aromatic rings. The summed E-state index contributed by atoms with van der Waals surface area (Å²) in [5, 5.41) is 0.625. The van der Waals surface area contributed by atoms with Gasteiger partial charge >= 0.3 is 0 Å². The number of ether oxygens (including phenoxy) is 2. The summed E-state index contributed by atoms with van der Waals surface area (Å²) in [5.41, 5.74) is 1.20. The fourth-order valence-corrected chi connectivity index (χ4v) is 4.87. The van der Waals surface area contributed by atoms with Crippen molar-refractivity contribution >= 4 is 23.4 Å². The fourth-order valence-electron chi connectivity index (χ4n) is 4.74. The van der Waals surface area contributed by atoms with Gasteiger partial charge in [-0.3, -0.25) is 9.59 Å². The second-order valence-corrected chi connectivity index (χ2v) is 9.82. The van der Waals surface area contributed by atoms with Crippen LogP contribution in [0.2, 0.25) is 5.02 Å². The molecule has 0 bridgehead atoms. The lowest BCUT2D eigenvalue weighted by molar-refractivity contribution is 0.0329. The van der Waals surface area contributed by atoms with Crippen molar-refractivity contribution in [1.29, 1.82) is 0 Å². The molecule has 0 aromatic heterocycles. The Labute approximate surface area is 206 Å². The maximum atomic E-state index is 13.0. The maximum Gasteiger partial charge on any atom is 0.257 e. The van der Waals surface area contributed by atoms with Crippen LogP contribution >= 0.6 is 11.6 Å². The van der Waals surface area contributed by atoms with Crippen molar-refractivity contribution in [2.24, 2.45) is 5.41 Å². The number of carbonyl (C=O) groups is 2. The van der Waals surface area contributed by atoms with E-state index in [9.17, 15) is 9.59 Å². The third-order valence-electron chi connectivity index (χ3n) is 7.02. The van der Waals surface area contributed by atoms with Gasteiger partial charge in [-0.05, 0) is 62.1 Å². The Kier molecular flexibility index (Phi) is 8.11. The standard InChI is InChI=1S/C27H33ClN2O4/c1-29-17-19-33-18-5-4-12-27(20-34-24-7-3-2-6-23(24)26(29)32)13-15-30(16-14-27)25(31)21-8-10-22(28)11-9-21/h2-3,6-11H,4-5,12-20H2,1H3. The zero-order valence-corrected chi connectivity index (χ0v) is 20.6. The van der Waals surface area contributed by atoms with Gasteiger partial charge in [-0.25, -0.2) is 0 Å². The zero-order chi connectivity index (χ0) is 24.0. The topological polar surface area (TPSA) is 59.1 Å². The molecule has 0 atom stereocenters. The van der Waals surface area contributed by atoms with Crippen LogP contribution in [0.15, 0.2) is 48.5 Å². The molecule has 182 valence electrons. The van der Waals surface area contributed by atoms with E-state index in [-0.39, 0.29) is 17.2 Å². The summed E-state index contributed by atoms with van der Waals surface area (Å²) in [7, 11) is 1.79. The Balaban J connectivity index is 1.48. The van der Waals surface area contributed by atoms with Crippen molar-refractivity contribution in [1.82, 2.24) is 9.80 Å². The predicted molar refractivity (Wildman–Crippen MR) is 133 cm³/mol. The molecule has 2 heterocycles. The molecule has 2 amide bonds. The van der Waals surface area contributed by atoms with Crippen LogP contribution in [0.1, 0.15) is 52.8 Å². The van der Waals surface area contributed by atoms with Gasteiger partial charge in [0.05, 0.1) is 18.8 Å². The molecule has 0 N–H and O–H groups in total. The van der Waals surface area contributed by atoms with Gasteiger partial charge in [0.2, 0.25) is 0 Å². The summed E-state index contributed by atoms with van der Waals surface area (Å²) in [6, 6.07) is 14.5. The van der Waals surface area contributed by atoms with Gasteiger partial charge in [0.1, 0.15) is 5.75 Å². The minimum atomic E-state index is -0.0614. The van der Waals surface area contributed by atoms with Gasteiger partial charge in [-0.1, -0.05) is 30.2 Å². The Hall–Kier alpha value is -2.57. The van der Waals surface area contributed by atoms with Crippen LogP contribution in [0.4, 0.5) is 0 Å². The van der Waals surface area contributed by atoms with E-state index in [0.717, 1.165) is 32.1 Å². The van der Waals surface area contributed by atoms with Crippen LogP contribution < -0.4 is 4.74 Å². The first-order valence-corrected chi connectivity index (χ1v) is 12.5. The minimum Gasteiger partial charge on any atom is -0.492 e. The van der Waals surface area contributed by atoms with Crippen LogP contribution in [-0.4, -0.2) is 68.1 Å². The van der Waals surface area contributed by atoms with Crippen molar-refractivity contribution in [3.8, 4) is 5.75 Å². The average molecular weight is 485 g/mol. The molecule has 1 fully saturated rings. The maximum absolute atomic E-state index is 13.0. The number of nitrogens with zero attached hydrogens (tertiary/aromatic N) is 2. The molecular formula is C27H33ClN2O4. The molecule has 0 unspecified atom stereocenters. The highest BCUT2D eigenvalue weighted by atomic mass is 35.5. The molecule has 6 nitrogen and oxygen atoms in total. The first-order chi connectivity index (χ1) is 16.5. The first kappa shape index (κ1) is 24.6. The van der Waals surface area contributed by atoms with E-state index >= 15 is 0 Å². The molecule has 34 heavy (non-hydrogen) atoms. The lowest BCUT2D eigenvalue weighted by Gasteiger charge is -2.42. The zero-order valence-electron chi connectivity index (χ0n) is 19.8. The average Bonchev–Trinajstić information content (AvgIpc) is 2.86. The van der Waals surface area contributed by atoms with Gasteiger partial charge in [0.25, 0.3) is 11.8 Å². The van der Waals surface area contributed by atoms with Gasteiger partial charge in [0, 0.05) is 49.3 Å². The molecule has 0 aliphatic carbocycles. The highest BCUT2D eigenvalue weighted by molar-refractivity contribution is 6.30. The summed E-state index contributed by atoms with van der Waals surface area (Å²) < 4.78 is 12.1. The van der Waals surface area contributed by atoms with Crippen LogP contribution in [0.3, 0.4) is 0 Å². The van der Waals surface area contributed by atoms with Crippen LogP contribution in [-0.2, 0) is 4.74 Å². The summed E-state index contributed by atoms with van der Waals surface area (Å²) in [6.45, 7) is 3.67. The number of piperidine rings is 1. The molecule has 1 spiro atoms. The van der Waals surface area contributed by atoms with E-state index in [1.165, 1.54) is 0 Å². The molecule has 2 aliphatic rings. The monoisotopic (exact) mass is 484 g/mol. The summed E-state index contributed by atoms with van der Waals surface area (Å²) in [4.78, 5) is 29.6. The highest BCUT2D eigenvalue weighted by Crippen LogP contribution is 2.38. The van der Waals surface area contributed by atoms with Gasteiger partial charge in [0.15, 0.2) is 0 Å². The third kappa shape index (κ3) is 5.91. The quantitative estimate of drug-likeness (QED) is 0.576. The Morgan fingerprint density at radius 3 is 2.44 bits per heavy atom. The summed E-state index contributed by atoms with van der Waals surface area (Å²) in [5.74, 6) is 0.603. The van der Waals surface area contributed by atoms with E-state index in [4.69, 9.17) is 21.1 Å². The molecule has 0 saturated carbocycles. The second kappa shape index (κ2) is 11.2. The number of likely N-dealkylation sites (N-methyl/N-ethyl adjacent to an activating group) is 1. The van der Waals surface area contributed by atoms with E-state index < -0.39 is 0 Å². The van der Waals surface area contributed by atoms with Gasteiger partial charge in [-0.2, -0.15) is 0 Å². The Morgan fingerprint density at radius 2 is 1.68 bits per heavy atom. The number of benzene rings is 2. The van der Waals surface area contributed by atoms with Crippen molar-refractivity contribution in [3.05, 3.63) is 64.7 Å². The van der Waals surface area contributed by atoms with Crippen LogP contribution in [0.25, 0.3) is 0 Å². The molecular weight excluding hydrogens is 452 g/mol. The Morgan fingerprint density at radius 1 is 0.941 bits per heavy atom. The summed E-state index contributed by atoms with van der Waals surface area (Å²) in [6.07, 6.45) is 4.76. The molecule has 1 saturated heterocycles. The molecule has 2 aromatic carbocycles. The molecule has 4 rings (SSSR count). The lowest BCUT2D eigenvalue weighted by atomic mass is 9.75. The predicted octanol–water partition coefficient (Wildman–Crippen LogP) is 4.91. The minimum absolute atomic E-state index is 0.0387. The number of rotatable bonds is 1. The first-order valence-electron chi connectivity index (χ1n) is 12.1. The van der Waals surface area contributed by atoms with E-state index in [0.29, 0.717) is 61.4 Å². The van der Waals surface area contributed by atoms with Crippen molar-refractivity contribution in [2.75, 3.05) is 46.5 Å². The Bertz CT molecular complexity index is 986. The third-order valence-corrected chi connectivity index (χ3v) is 7.27. The van der Waals surface area contributed by atoms with Gasteiger partial charge < -0.3 is 19.3 Å². The van der Waals surface area contributed by atoms with Gasteiger partial charge in [-0.15, -0.1) is 0 Å². The molecule has 0 radical (unpaired) electrons. The number of para-hydroxylation sites is 1. The second-order valence-electron chi connectivity index (χ2n) is 9.38. The van der Waals surface area contributed by atoms with Crippen LogP contribution in [0, 0.1) is 5.41 Å². The number of hydrogen-bond donors (Lipinski definition) is 0. The number of hydrogen-bond acceptors (Lipinski definition) is 4. The smallest absolute Gasteiger partial charge is 0.257 e. The number of amides is 2. The largest absolute Gasteiger partial charge is 0.492 e. The molecule has 2 aliphatic heterocycles. The van der Waals surface area contributed by atoms with Crippen molar-refractivity contribution in [3.63, 3.8) is 0 Å². The number of fused-ring (bicyclic) bond motifs is 1. The SMILES string of the molecule is CN1CCOCCCCC2(CCN(C(=O)c3ccc(Cl)cc3)CC2)COc2ccccc2C1=O. The van der Waals surface area contributed by atoms with E-state index in [1.807, 2.05) is 29.2 Å². The van der Waals surface area contributed by atoms with Crippen molar-refractivity contribution < 1.29 is 19.1 Å². The number of likely N-dealkylation sites (tertiary alicyclic amines) is 1. The fraction of sp³-hybridized carbons (Fsp3) is 0.481. The number of carbonyl (C=O) groups excluding carboxylic acids is 2. The summed E-state index contributed by atoms with van der Waals surface area (Å²) >= 11 is 5.98. The van der Waals surface area contributed by atoms with E-state index in [1.54, 1.807) is 36.2 Å². The molecule has 7 heteroatoms. The van der Waals surface area contributed by atoms with Crippen LogP contribution in [0.5, 0.6) is 5.75 Å². The lowest BCUT2D eigenvalue weighted by Crippen LogP contribution is -2.45. The normalized spacial score (nSPS) is 19.8.